The summed E-state index contributed by atoms with van der Waals surface area (Å²) in [5.74, 6) is 0.117. The van der Waals surface area contributed by atoms with Crippen LogP contribution in [0.5, 0.6) is 0 Å². The number of rotatable bonds is 5. The molecule has 110 valence electrons. The van der Waals surface area contributed by atoms with Crippen molar-refractivity contribution in [3.63, 3.8) is 0 Å². The Kier molecular flexibility index (Phi) is 4.81. The number of carbonyl (C=O) groups excluding carboxylic acids is 1. The Morgan fingerprint density at radius 3 is 2.60 bits per heavy atom. The van der Waals surface area contributed by atoms with Crippen LogP contribution in [0.3, 0.4) is 0 Å². The summed E-state index contributed by atoms with van der Waals surface area (Å²) in [7, 11) is 0. The van der Waals surface area contributed by atoms with Gasteiger partial charge in [0.05, 0.1) is 16.9 Å². The first-order valence-corrected chi connectivity index (χ1v) is 8.39. The van der Waals surface area contributed by atoms with E-state index in [4.69, 9.17) is 18.0 Å². The molecule has 1 fully saturated rings. The zero-order valence-electron chi connectivity index (χ0n) is 12.1. The first kappa shape index (κ1) is 15.4. The maximum absolute atomic E-state index is 13.0. The van der Waals surface area contributed by atoms with E-state index >= 15 is 0 Å². The quantitative estimate of drug-likeness (QED) is 0.849. The molecule has 20 heavy (non-hydrogen) atoms. The lowest BCUT2D eigenvalue weighted by Crippen LogP contribution is -2.51. The third-order valence-electron chi connectivity index (χ3n) is 4.13. The molecule has 0 aliphatic heterocycles. The van der Waals surface area contributed by atoms with Gasteiger partial charge in [0.1, 0.15) is 0 Å². The van der Waals surface area contributed by atoms with Crippen molar-refractivity contribution < 1.29 is 4.79 Å². The smallest absolute Gasteiger partial charge is 0.236 e. The number of nitrogens with two attached hydrogens (primary N) is 1. The number of thiophene rings is 1. The molecule has 5 heteroatoms. The third-order valence-corrected chi connectivity index (χ3v) is 5.38. The molecule has 1 aromatic rings. The van der Waals surface area contributed by atoms with Crippen LogP contribution in [-0.2, 0) is 11.3 Å². The van der Waals surface area contributed by atoms with Crippen molar-refractivity contribution in [3.8, 4) is 0 Å². The van der Waals surface area contributed by atoms with E-state index in [0.29, 0.717) is 11.5 Å². The van der Waals surface area contributed by atoms with Gasteiger partial charge in [-0.25, -0.2) is 0 Å². The van der Waals surface area contributed by atoms with Crippen molar-refractivity contribution in [2.75, 3.05) is 0 Å². The number of hydrogen-bond donors (Lipinski definition) is 1. The number of thiocarbonyl (C=S) groups is 1. The van der Waals surface area contributed by atoms with Crippen LogP contribution >= 0.6 is 23.6 Å². The third kappa shape index (κ3) is 2.88. The largest absolute Gasteiger partial charge is 0.392 e. The van der Waals surface area contributed by atoms with Crippen molar-refractivity contribution in [1.29, 1.82) is 0 Å². The Balaban J connectivity index is 2.24. The van der Waals surface area contributed by atoms with Gasteiger partial charge in [-0.1, -0.05) is 31.1 Å². The summed E-state index contributed by atoms with van der Waals surface area (Å²) in [4.78, 5) is 16.5. The maximum Gasteiger partial charge on any atom is 0.236 e. The molecular weight excluding hydrogens is 288 g/mol. The van der Waals surface area contributed by atoms with Crippen LogP contribution < -0.4 is 5.73 Å². The highest BCUT2D eigenvalue weighted by molar-refractivity contribution is 7.80. The lowest BCUT2D eigenvalue weighted by molar-refractivity contribution is -0.140. The van der Waals surface area contributed by atoms with Gasteiger partial charge in [0.25, 0.3) is 0 Å². The van der Waals surface area contributed by atoms with E-state index in [9.17, 15) is 4.79 Å². The Bertz CT molecular complexity index is 476. The molecule has 0 bridgehead atoms. The summed E-state index contributed by atoms with van der Waals surface area (Å²) >= 11 is 6.91. The summed E-state index contributed by atoms with van der Waals surface area (Å²) in [6.07, 6.45) is 3.67. The standard InChI is InChI=1S/C15H22N2OS2/c1-11(2)17(10-12-6-5-9-20-12)14(18)15(13(16)19)7-3-4-8-15/h5-6,9,11H,3-4,7-8,10H2,1-2H3,(H2,16,19). The van der Waals surface area contributed by atoms with Crippen LogP contribution in [0.15, 0.2) is 17.5 Å². The van der Waals surface area contributed by atoms with Crippen LogP contribution in [0.4, 0.5) is 0 Å². The molecule has 1 heterocycles. The van der Waals surface area contributed by atoms with E-state index < -0.39 is 5.41 Å². The molecule has 0 spiro atoms. The summed E-state index contributed by atoms with van der Waals surface area (Å²) in [5.41, 5.74) is 5.33. The average Bonchev–Trinajstić information content (AvgIpc) is 3.06. The van der Waals surface area contributed by atoms with Crippen molar-refractivity contribution in [3.05, 3.63) is 22.4 Å². The Hall–Kier alpha value is -0.940. The van der Waals surface area contributed by atoms with Crippen LogP contribution in [0.25, 0.3) is 0 Å². The molecule has 2 N–H and O–H groups in total. The fraction of sp³-hybridized carbons (Fsp3) is 0.600. The van der Waals surface area contributed by atoms with Crippen molar-refractivity contribution >= 4 is 34.5 Å². The number of carbonyl (C=O) groups is 1. The van der Waals surface area contributed by atoms with Crippen LogP contribution in [0.2, 0.25) is 0 Å². The molecular formula is C15H22N2OS2. The number of nitrogens with zero attached hydrogens (tertiary/aromatic N) is 1. The normalized spacial score (nSPS) is 17.4. The fourth-order valence-electron chi connectivity index (χ4n) is 2.88. The zero-order valence-corrected chi connectivity index (χ0v) is 13.7. The van der Waals surface area contributed by atoms with Gasteiger partial charge in [0, 0.05) is 10.9 Å². The zero-order chi connectivity index (χ0) is 14.8. The highest BCUT2D eigenvalue weighted by atomic mass is 32.1. The Morgan fingerprint density at radius 2 is 2.15 bits per heavy atom. The van der Waals surface area contributed by atoms with E-state index in [-0.39, 0.29) is 11.9 Å². The molecule has 0 atom stereocenters. The van der Waals surface area contributed by atoms with Gasteiger partial charge in [-0.3, -0.25) is 4.79 Å². The van der Waals surface area contributed by atoms with Crippen molar-refractivity contribution in [2.45, 2.75) is 52.1 Å². The second-order valence-corrected chi connectivity index (χ2v) is 7.23. The minimum absolute atomic E-state index is 0.117. The molecule has 0 saturated heterocycles. The molecule has 3 nitrogen and oxygen atoms in total. The molecule has 0 aromatic carbocycles. The van der Waals surface area contributed by atoms with Crippen LogP contribution in [0, 0.1) is 5.41 Å². The van der Waals surface area contributed by atoms with E-state index in [2.05, 4.69) is 6.07 Å². The minimum Gasteiger partial charge on any atom is -0.392 e. The van der Waals surface area contributed by atoms with Gasteiger partial charge in [-0.05, 0) is 38.1 Å². The Labute approximate surface area is 130 Å². The first-order chi connectivity index (χ1) is 9.47. The minimum atomic E-state index is -0.600. The number of hydrogen-bond acceptors (Lipinski definition) is 3. The number of amides is 1. The second-order valence-electron chi connectivity index (χ2n) is 5.76. The van der Waals surface area contributed by atoms with Gasteiger partial charge < -0.3 is 10.6 Å². The highest BCUT2D eigenvalue weighted by Crippen LogP contribution is 2.41. The van der Waals surface area contributed by atoms with E-state index in [1.54, 1.807) is 11.3 Å². The topological polar surface area (TPSA) is 46.3 Å². The lowest BCUT2D eigenvalue weighted by Gasteiger charge is -2.36. The summed E-state index contributed by atoms with van der Waals surface area (Å²) in [6, 6.07) is 4.23. The molecule has 0 unspecified atom stereocenters. The van der Waals surface area contributed by atoms with Gasteiger partial charge in [-0.15, -0.1) is 11.3 Å². The van der Waals surface area contributed by atoms with Gasteiger partial charge >= 0.3 is 0 Å². The second kappa shape index (κ2) is 6.22. The van der Waals surface area contributed by atoms with Crippen molar-refractivity contribution in [1.82, 2.24) is 4.90 Å². The SMILES string of the molecule is CC(C)N(Cc1cccs1)C(=O)C1(C(N)=S)CCCC1. The maximum atomic E-state index is 13.0. The molecule has 1 aliphatic carbocycles. The first-order valence-electron chi connectivity index (χ1n) is 7.11. The molecule has 0 radical (unpaired) electrons. The van der Waals surface area contributed by atoms with Gasteiger partial charge in [-0.2, -0.15) is 0 Å². The molecule has 1 saturated carbocycles. The Morgan fingerprint density at radius 1 is 1.50 bits per heavy atom. The summed E-state index contributed by atoms with van der Waals surface area (Å²) in [6.45, 7) is 4.75. The highest BCUT2D eigenvalue weighted by Gasteiger charge is 2.46. The molecule has 1 aliphatic rings. The predicted molar refractivity (Wildman–Crippen MR) is 87.7 cm³/mol. The predicted octanol–water partition coefficient (Wildman–Crippen LogP) is 3.33. The molecule has 1 amide bonds. The van der Waals surface area contributed by atoms with Gasteiger partial charge in [0.2, 0.25) is 5.91 Å². The molecule has 2 rings (SSSR count). The molecule has 1 aromatic heterocycles. The fourth-order valence-corrected chi connectivity index (χ4v) is 3.87. The monoisotopic (exact) mass is 310 g/mol. The summed E-state index contributed by atoms with van der Waals surface area (Å²) in [5, 5.41) is 2.04. The van der Waals surface area contributed by atoms with E-state index in [0.717, 1.165) is 25.7 Å². The van der Waals surface area contributed by atoms with Crippen molar-refractivity contribution in [2.24, 2.45) is 11.1 Å². The average molecular weight is 310 g/mol. The van der Waals surface area contributed by atoms with Crippen LogP contribution in [0.1, 0.15) is 44.4 Å². The van der Waals surface area contributed by atoms with E-state index in [1.807, 2.05) is 30.2 Å². The lowest BCUT2D eigenvalue weighted by atomic mass is 9.84. The van der Waals surface area contributed by atoms with Crippen LogP contribution in [-0.4, -0.2) is 21.8 Å². The van der Waals surface area contributed by atoms with E-state index in [1.165, 1.54) is 4.88 Å². The van der Waals surface area contributed by atoms with Gasteiger partial charge in [0.15, 0.2) is 0 Å². The summed E-state index contributed by atoms with van der Waals surface area (Å²) < 4.78 is 0.